The Kier molecular flexibility index (Phi) is 4.85. The maximum absolute atomic E-state index is 12.7. The van der Waals surface area contributed by atoms with Gasteiger partial charge in [-0.05, 0) is 26.7 Å². The summed E-state index contributed by atoms with van der Waals surface area (Å²) in [6.07, 6.45) is -3.88. The van der Waals surface area contributed by atoms with Gasteiger partial charge in [0.15, 0.2) is 0 Å². The number of amides is 2. The van der Waals surface area contributed by atoms with Gasteiger partial charge in [0.25, 0.3) is 0 Å². The van der Waals surface area contributed by atoms with Gasteiger partial charge in [-0.25, -0.2) is 9.59 Å². The average molecular weight is 298 g/mol. The second-order valence-corrected chi connectivity index (χ2v) is 4.87. The molecule has 1 rings (SSSR count). The maximum Gasteiger partial charge on any atom is 0.422 e. The fourth-order valence-corrected chi connectivity index (χ4v) is 1.81. The minimum Gasteiger partial charge on any atom is -0.479 e. The van der Waals surface area contributed by atoms with E-state index in [1.165, 1.54) is 5.32 Å². The molecule has 0 spiro atoms. The number of carbonyl (C=O) groups is 2. The van der Waals surface area contributed by atoms with Crippen LogP contribution in [-0.4, -0.2) is 47.6 Å². The summed E-state index contributed by atoms with van der Waals surface area (Å²) in [5, 5.41) is 12.4. The molecular weight excluding hydrogens is 281 g/mol. The molecule has 1 heterocycles. The summed E-state index contributed by atoms with van der Waals surface area (Å²) in [7, 11) is 0. The number of hydrogen-bond acceptors (Lipinski definition) is 3. The Morgan fingerprint density at radius 3 is 2.40 bits per heavy atom. The van der Waals surface area contributed by atoms with Crippen LogP contribution in [0.3, 0.4) is 0 Å². The number of ether oxygens (including phenoxy) is 1. The van der Waals surface area contributed by atoms with Gasteiger partial charge >= 0.3 is 18.2 Å². The zero-order chi connectivity index (χ0) is 15.6. The fraction of sp³-hybridized carbons (Fsp3) is 0.818. The van der Waals surface area contributed by atoms with Crippen molar-refractivity contribution < 1.29 is 32.6 Å². The van der Waals surface area contributed by atoms with Gasteiger partial charge in [0, 0.05) is 6.61 Å². The number of aliphatic carboxylic acids is 1. The minimum absolute atomic E-state index is 0.275. The largest absolute Gasteiger partial charge is 0.479 e. The molecule has 3 unspecified atom stereocenters. The maximum atomic E-state index is 12.7. The normalized spacial score (nSPS) is 23.8. The number of halogens is 3. The van der Waals surface area contributed by atoms with Crippen LogP contribution in [0.4, 0.5) is 18.0 Å². The van der Waals surface area contributed by atoms with Crippen molar-refractivity contribution in [1.82, 2.24) is 10.6 Å². The molecular formula is C11H17F3N2O4. The molecule has 0 radical (unpaired) electrons. The monoisotopic (exact) mass is 298 g/mol. The van der Waals surface area contributed by atoms with Gasteiger partial charge in [0.1, 0.15) is 0 Å². The molecule has 0 bridgehead atoms. The van der Waals surface area contributed by atoms with Crippen LogP contribution in [0, 0.1) is 0 Å². The van der Waals surface area contributed by atoms with Crippen LogP contribution in [0.25, 0.3) is 0 Å². The standard InChI is InChI=1S/C11H17F3N2O4/c1-6(7-4-3-5-20-7)15-9(19)16-10(2,8(17)18)11(12,13)14/h6-7H,3-5H2,1-2H3,(H,17,18)(H2,15,16,19). The Balaban J connectivity index is 2.65. The van der Waals surface area contributed by atoms with Gasteiger partial charge in [-0.15, -0.1) is 0 Å². The van der Waals surface area contributed by atoms with Gasteiger partial charge in [0.2, 0.25) is 5.54 Å². The lowest BCUT2D eigenvalue weighted by atomic mass is 10.0. The Morgan fingerprint density at radius 1 is 1.40 bits per heavy atom. The van der Waals surface area contributed by atoms with E-state index in [-0.39, 0.29) is 6.10 Å². The lowest BCUT2D eigenvalue weighted by Crippen LogP contribution is -2.64. The molecule has 0 aromatic rings. The summed E-state index contributed by atoms with van der Waals surface area (Å²) in [5.41, 5.74) is -3.34. The van der Waals surface area contributed by atoms with Crippen molar-refractivity contribution in [3.8, 4) is 0 Å². The fourth-order valence-electron chi connectivity index (χ4n) is 1.81. The van der Waals surface area contributed by atoms with Crippen molar-refractivity contribution in [3.63, 3.8) is 0 Å². The van der Waals surface area contributed by atoms with E-state index in [2.05, 4.69) is 5.32 Å². The Morgan fingerprint density at radius 2 is 2.00 bits per heavy atom. The van der Waals surface area contributed by atoms with E-state index in [9.17, 15) is 22.8 Å². The number of nitrogens with one attached hydrogen (secondary N) is 2. The molecule has 6 nitrogen and oxygen atoms in total. The lowest BCUT2D eigenvalue weighted by Gasteiger charge is -2.30. The zero-order valence-electron chi connectivity index (χ0n) is 11.1. The molecule has 0 aromatic heterocycles. The first-order valence-electron chi connectivity index (χ1n) is 6.08. The Bertz CT molecular complexity index is 382. The van der Waals surface area contributed by atoms with Crippen LogP contribution in [0.2, 0.25) is 0 Å². The van der Waals surface area contributed by atoms with Gasteiger partial charge in [-0.3, -0.25) is 0 Å². The first-order chi connectivity index (χ1) is 9.08. The molecule has 3 atom stereocenters. The van der Waals surface area contributed by atoms with E-state index >= 15 is 0 Å². The van der Waals surface area contributed by atoms with E-state index in [1.54, 1.807) is 6.92 Å². The third-order valence-electron chi connectivity index (χ3n) is 3.24. The van der Waals surface area contributed by atoms with Gasteiger partial charge < -0.3 is 20.5 Å². The number of hydrogen-bond donors (Lipinski definition) is 3. The smallest absolute Gasteiger partial charge is 0.422 e. The highest BCUT2D eigenvalue weighted by Gasteiger charge is 2.58. The number of rotatable bonds is 4. The first-order valence-corrected chi connectivity index (χ1v) is 6.08. The minimum atomic E-state index is -5.11. The third-order valence-corrected chi connectivity index (χ3v) is 3.24. The van der Waals surface area contributed by atoms with Crippen LogP contribution >= 0.6 is 0 Å². The van der Waals surface area contributed by atoms with Crippen molar-refractivity contribution in [2.24, 2.45) is 0 Å². The average Bonchev–Trinajstić information content (AvgIpc) is 2.79. The van der Waals surface area contributed by atoms with Crippen LogP contribution in [0.5, 0.6) is 0 Å². The van der Waals surface area contributed by atoms with E-state index in [0.29, 0.717) is 20.0 Å². The van der Waals surface area contributed by atoms with Gasteiger partial charge in [0.05, 0.1) is 12.1 Å². The topological polar surface area (TPSA) is 87.7 Å². The summed E-state index contributed by atoms with van der Waals surface area (Å²) < 4.78 is 43.4. The highest BCUT2D eigenvalue weighted by Crippen LogP contribution is 2.30. The number of carbonyl (C=O) groups excluding carboxylic acids is 1. The van der Waals surface area contributed by atoms with E-state index in [1.807, 2.05) is 0 Å². The molecule has 0 aliphatic carbocycles. The van der Waals surface area contributed by atoms with Gasteiger partial charge in [-0.2, -0.15) is 13.2 Å². The number of alkyl halides is 3. The lowest BCUT2D eigenvalue weighted by molar-refractivity contribution is -0.203. The van der Waals surface area contributed by atoms with Crippen molar-refractivity contribution in [1.29, 1.82) is 0 Å². The van der Waals surface area contributed by atoms with Gasteiger partial charge in [-0.1, -0.05) is 0 Å². The quantitative estimate of drug-likeness (QED) is 0.729. The predicted molar refractivity (Wildman–Crippen MR) is 62.2 cm³/mol. The van der Waals surface area contributed by atoms with Crippen LogP contribution in [-0.2, 0) is 9.53 Å². The molecule has 2 amide bonds. The molecule has 116 valence electrons. The molecule has 9 heteroatoms. The predicted octanol–water partition coefficient (Wildman–Crippen LogP) is 1.26. The molecule has 1 aliphatic heterocycles. The molecule has 1 saturated heterocycles. The Labute approximate surface area is 113 Å². The summed E-state index contributed by atoms with van der Waals surface area (Å²) in [6, 6.07) is -1.71. The zero-order valence-corrected chi connectivity index (χ0v) is 11.1. The number of urea groups is 1. The summed E-state index contributed by atoms with van der Waals surface area (Å²) in [5.74, 6) is -2.18. The molecule has 0 saturated carbocycles. The highest BCUT2D eigenvalue weighted by atomic mass is 19.4. The van der Waals surface area contributed by atoms with Crippen molar-refractivity contribution in [3.05, 3.63) is 0 Å². The number of carboxylic acids is 1. The van der Waals surface area contributed by atoms with Crippen LogP contribution in [0.15, 0.2) is 0 Å². The molecule has 0 aromatic carbocycles. The Hall–Kier alpha value is -1.51. The second-order valence-electron chi connectivity index (χ2n) is 4.87. The molecule has 3 N–H and O–H groups in total. The van der Waals surface area contributed by atoms with E-state index in [0.717, 1.165) is 6.42 Å². The van der Waals surface area contributed by atoms with Crippen molar-refractivity contribution in [2.75, 3.05) is 6.61 Å². The van der Waals surface area contributed by atoms with E-state index in [4.69, 9.17) is 9.84 Å². The highest BCUT2D eigenvalue weighted by molar-refractivity contribution is 5.86. The number of carboxylic acid groups (broad SMARTS) is 1. The molecule has 20 heavy (non-hydrogen) atoms. The van der Waals surface area contributed by atoms with Crippen LogP contribution < -0.4 is 10.6 Å². The summed E-state index contributed by atoms with van der Waals surface area (Å²) >= 11 is 0. The molecule has 1 fully saturated rings. The van der Waals surface area contributed by atoms with Crippen molar-refractivity contribution in [2.45, 2.75) is 50.6 Å². The second kappa shape index (κ2) is 5.86. The van der Waals surface area contributed by atoms with Crippen molar-refractivity contribution >= 4 is 12.0 Å². The van der Waals surface area contributed by atoms with E-state index < -0.39 is 29.8 Å². The summed E-state index contributed by atoms with van der Waals surface area (Å²) in [6.45, 7) is 2.51. The third kappa shape index (κ3) is 3.53. The SMILES string of the molecule is CC(NC(=O)NC(C)(C(=O)O)C(F)(F)F)C1CCCO1. The molecule has 1 aliphatic rings. The first kappa shape index (κ1) is 16.5. The summed E-state index contributed by atoms with van der Waals surface area (Å²) in [4.78, 5) is 22.3. The van der Waals surface area contributed by atoms with Crippen LogP contribution in [0.1, 0.15) is 26.7 Å².